The van der Waals surface area contributed by atoms with Gasteiger partial charge in [0.25, 0.3) is 0 Å². The lowest BCUT2D eigenvalue weighted by Gasteiger charge is -2.22. The Morgan fingerprint density at radius 1 is 0.605 bits per heavy atom. The van der Waals surface area contributed by atoms with Gasteiger partial charge in [0, 0.05) is 0 Å². The molecule has 3 atom stereocenters. The number of ether oxygens (including phenoxy) is 2. The van der Waals surface area contributed by atoms with Crippen molar-refractivity contribution >= 4 is 11.9 Å². The first-order valence-electron chi connectivity index (χ1n) is 16.4. The van der Waals surface area contributed by atoms with E-state index in [-0.39, 0.29) is 36.5 Å². The highest BCUT2D eigenvalue weighted by Gasteiger charge is 2.24. The molecular formula is C33H65NO4. The molecule has 3 unspecified atom stereocenters. The Morgan fingerprint density at radius 2 is 1.08 bits per heavy atom. The van der Waals surface area contributed by atoms with Crippen LogP contribution >= 0.6 is 0 Å². The van der Waals surface area contributed by atoms with Crippen LogP contribution in [0.4, 0.5) is 0 Å². The van der Waals surface area contributed by atoms with Gasteiger partial charge in [-0.3, -0.25) is 9.59 Å². The summed E-state index contributed by atoms with van der Waals surface area (Å²) in [4.78, 5) is 27.9. The third kappa shape index (κ3) is 21.8. The molecule has 0 N–H and O–H groups in total. The molecule has 5 heteroatoms. The molecule has 0 spiro atoms. The molecule has 226 valence electrons. The number of unbranched alkanes of at least 4 members (excludes halogenated alkanes) is 13. The van der Waals surface area contributed by atoms with Gasteiger partial charge in [-0.25, -0.2) is 0 Å². The molecule has 0 amide bonds. The minimum atomic E-state index is -0.339. The molecule has 0 fully saturated rings. The van der Waals surface area contributed by atoms with Gasteiger partial charge in [-0.2, -0.15) is 0 Å². The second-order valence-corrected chi connectivity index (χ2v) is 11.8. The van der Waals surface area contributed by atoms with E-state index in [1.165, 1.54) is 70.6 Å². The van der Waals surface area contributed by atoms with Gasteiger partial charge >= 0.3 is 11.9 Å². The topological polar surface area (TPSA) is 55.8 Å². The van der Waals surface area contributed by atoms with Gasteiger partial charge in [-0.15, -0.1) is 0 Å². The van der Waals surface area contributed by atoms with Gasteiger partial charge in [0.05, 0.1) is 11.8 Å². The Kier molecular flexibility index (Phi) is 25.4. The fourth-order valence-electron chi connectivity index (χ4n) is 4.83. The van der Waals surface area contributed by atoms with Crippen molar-refractivity contribution in [2.24, 2.45) is 11.8 Å². The molecular weight excluding hydrogens is 474 g/mol. The van der Waals surface area contributed by atoms with Crippen molar-refractivity contribution in [1.82, 2.24) is 4.90 Å². The zero-order chi connectivity index (χ0) is 28.4. The second-order valence-electron chi connectivity index (χ2n) is 11.8. The molecule has 0 aromatic rings. The van der Waals surface area contributed by atoms with Crippen LogP contribution in [0, 0.1) is 11.8 Å². The number of carbonyl (C=O) groups excluding carboxylic acids is 2. The smallest absolute Gasteiger partial charge is 0.309 e. The van der Waals surface area contributed by atoms with Crippen molar-refractivity contribution in [2.75, 3.05) is 27.2 Å². The third-order valence-electron chi connectivity index (χ3n) is 7.63. The maximum atomic E-state index is 13.0. The number of hydrogen-bond acceptors (Lipinski definition) is 5. The summed E-state index contributed by atoms with van der Waals surface area (Å²) in [5.41, 5.74) is 0. The lowest BCUT2D eigenvalue weighted by molar-refractivity contribution is -0.164. The molecule has 38 heavy (non-hydrogen) atoms. The first kappa shape index (κ1) is 36.9. The van der Waals surface area contributed by atoms with Crippen LogP contribution in [0.15, 0.2) is 0 Å². The molecule has 0 aliphatic carbocycles. The third-order valence-corrected chi connectivity index (χ3v) is 7.63. The van der Waals surface area contributed by atoms with Crippen LogP contribution in [0.25, 0.3) is 0 Å². The maximum absolute atomic E-state index is 13.0. The molecule has 5 nitrogen and oxygen atoms in total. The van der Waals surface area contributed by atoms with Crippen molar-refractivity contribution in [3.63, 3.8) is 0 Å². The lowest BCUT2D eigenvalue weighted by Crippen LogP contribution is -2.30. The van der Waals surface area contributed by atoms with Gasteiger partial charge in [0.1, 0.15) is 12.7 Å². The maximum Gasteiger partial charge on any atom is 0.309 e. The highest BCUT2D eigenvalue weighted by atomic mass is 16.6. The summed E-state index contributed by atoms with van der Waals surface area (Å²) < 4.78 is 11.7. The minimum Gasteiger partial charge on any atom is -0.462 e. The SMILES string of the molecule is CCCCCCCCCCCCC(COC(=O)C(CCCC)CCCCCC)OC(=O)C(C)CCN(C)C. The molecule has 0 saturated heterocycles. The van der Waals surface area contributed by atoms with Crippen LogP contribution in [0.5, 0.6) is 0 Å². The first-order chi connectivity index (χ1) is 18.3. The van der Waals surface area contributed by atoms with Gasteiger partial charge in [-0.1, -0.05) is 124 Å². The van der Waals surface area contributed by atoms with Gasteiger partial charge < -0.3 is 14.4 Å². The molecule has 0 saturated carbocycles. The quantitative estimate of drug-likeness (QED) is 0.0769. The van der Waals surface area contributed by atoms with E-state index in [2.05, 4.69) is 25.7 Å². The zero-order valence-corrected chi connectivity index (χ0v) is 26.4. The monoisotopic (exact) mass is 539 g/mol. The van der Waals surface area contributed by atoms with Crippen molar-refractivity contribution in [3.8, 4) is 0 Å². The molecule has 0 rings (SSSR count). The number of nitrogens with zero attached hydrogens (tertiary/aromatic N) is 1. The van der Waals surface area contributed by atoms with E-state index in [0.717, 1.165) is 64.3 Å². The Bertz CT molecular complexity index is 551. The largest absolute Gasteiger partial charge is 0.462 e. The van der Waals surface area contributed by atoms with Crippen LogP contribution in [0.1, 0.15) is 156 Å². The Hall–Kier alpha value is -1.10. The number of esters is 2. The average Bonchev–Trinajstić information content (AvgIpc) is 2.90. The summed E-state index contributed by atoms with van der Waals surface area (Å²) in [6, 6.07) is 0. The van der Waals surface area contributed by atoms with E-state index < -0.39 is 0 Å². The van der Waals surface area contributed by atoms with Crippen LogP contribution in [0.2, 0.25) is 0 Å². The standard InChI is InChI=1S/C33H65NO4/c1-7-10-13-15-16-17-18-19-20-22-25-31(38-32(35)29(4)26-27-34(5)6)28-37-33(36)30(23-12-9-3)24-21-14-11-8-2/h29-31H,7-28H2,1-6H3. The summed E-state index contributed by atoms with van der Waals surface area (Å²) in [6.07, 6.45) is 22.5. The Balaban J connectivity index is 4.73. The lowest BCUT2D eigenvalue weighted by atomic mass is 9.95. The van der Waals surface area contributed by atoms with Gasteiger partial charge in [0.15, 0.2) is 0 Å². The fourth-order valence-corrected chi connectivity index (χ4v) is 4.83. The van der Waals surface area contributed by atoms with Crippen LogP contribution in [-0.4, -0.2) is 50.2 Å². The molecule has 0 heterocycles. The normalized spacial score (nSPS) is 13.9. The average molecular weight is 540 g/mol. The summed E-state index contributed by atoms with van der Waals surface area (Å²) >= 11 is 0. The molecule has 0 aliphatic rings. The zero-order valence-electron chi connectivity index (χ0n) is 26.4. The van der Waals surface area contributed by atoms with E-state index in [4.69, 9.17) is 9.47 Å². The molecule has 0 aromatic heterocycles. The molecule has 0 radical (unpaired) electrons. The first-order valence-corrected chi connectivity index (χ1v) is 16.4. The van der Waals surface area contributed by atoms with E-state index in [1.807, 2.05) is 21.0 Å². The number of rotatable bonds is 27. The second kappa shape index (κ2) is 26.1. The summed E-state index contributed by atoms with van der Waals surface area (Å²) in [6.45, 7) is 9.62. The number of hydrogen-bond donors (Lipinski definition) is 0. The van der Waals surface area contributed by atoms with Crippen molar-refractivity contribution in [2.45, 2.75) is 162 Å². The van der Waals surface area contributed by atoms with E-state index in [9.17, 15) is 9.59 Å². The predicted molar refractivity (Wildman–Crippen MR) is 161 cm³/mol. The van der Waals surface area contributed by atoms with Crippen molar-refractivity contribution in [3.05, 3.63) is 0 Å². The Morgan fingerprint density at radius 3 is 1.63 bits per heavy atom. The van der Waals surface area contributed by atoms with Crippen LogP contribution in [0.3, 0.4) is 0 Å². The van der Waals surface area contributed by atoms with Crippen molar-refractivity contribution in [1.29, 1.82) is 0 Å². The van der Waals surface area contributed by atoms with Crippen LogP contribution in [-0.2, 0) is 19.1 Å². The van der Waals surface area contributed by atoms with Gasteiger partial charge in [-0.05, 0) is 52.7 Å². The highest BCUT2D eigenvalue weighted by molar-refractivity contribution is 5.73. The van der Waals surface area contributed by atoms with Crippen molar-refractivity contribution < 1.29 is 19.1 Å². The fraction of sp³-hybridized carbons (Fsp3) is 0.939. The highest BCUT2D eigenvalue weighted by Crippen LogP contribution is 2.21. The van der Waals surface area contributed by atoms with Gasteiger partial charge in [0.2, 0.25) is 0 Å². The van der Waals surface area contributed by atoms with E-state index >= 15 is 0 Å². The predicted octanol–water partition coefficient (Wildman–Crippen LogP) is 9.12. The summed E-state index contributed by atoms with van der Waals surface area (Å²) in [5, 5.41) is 0. The van der Waals surface area contributed by atoms with Crippen LogP contribution < -0.4 is 0 Å². The summed E-state index contributed by atoms with van der Waals surface area (Å²) in [7, 11) is 4.03. The molecule has 0 aliphatic heterocycles. The molecule has 0 aromatic carbocycles. The molecule has 0 bridgehead atoms. The Labute approximate surface area is 237 Å². The van der Waals surface area contributed by atoms with E-state index in [1.54, 1.807) is 0 Å². The van der Waals surface area contributed by atoms with E-state index in [0.29, 0.717) is 0 Å². The minimum absolute atomic E-state index is 0.0282. The number of carbonyl (C=O) groups is 2. The summed E-state index contributed by atoms with van der Waals surface area (Å²) in [5.74, 6) is -0.444.